The van der Waals surface area contributed by atoms with E-state index < -0.39 is 4.92 Å². The van der Waals surface area contributed by atoms with Gasteiger partial charge in [-0.1, -0.05) is 18.3 Å². The van der Waals surface area contributed by atoms with Crippen LogP contribution in [-0.4, -0.2) is 44.2 Å². The van der Waals surface area contributed by atoms with Crippen LogP contribution in [0.4, 0.5) is 11.6 Å². The number of amides is 1. The van der Waals surface area contributed by atoms with E-state index in [1.807, 2.05) is 6.92 Å². The third kappa shape index (κ3) is 2.44. The first kappa shape index (κ1) is 13.8. The predicted molar refractivity (Wildman–Crippen MR) is 78.6 cm³/mol. The Labute approximate surface area is 124 Å². The van der Waals surface area contributed by atoms with Crippen molar-refractivity contribution in [3.05, 3.63) is 21.7 Å². The minimum Gasteiger partial charge on any atom is -0.358 e. The van der Waals surface area contributed by atoms with Crippen molar-refractivity contribution in [3.8, 4) is 0 Å². The molecule has 3 rings (SSSR count). The number of anilines is 1. The van der Waals surface area contributed by atoms with E-state index in [9.17, 15) is 14.9 Å². The number of aromatic nitrogens is 2. The van der Waals surface area contributed by atoms with Gasteiger partial charge in [-0.2, -0.15) is 9.38 Å². The Morgan fingerprint density at radius 3 is 3.19 bits per heavy atom. The molecule has 0 bridgehead atoms. The summed E-state index contributed by atoms with van der Waals surface area (Å²) in [5.74, 6) is 0.341. The van der Waals surface area contributed by atoms with E-state index in [-0.39, 0.29) is 23.6 Å². The van der Waals surface area contributed by atoms with E-state index in [1.54, 1.807) is 16.5 Å². The van der Waals surface area contributed by atoms with Gasteiger partial charge in [0.1, 0.15) is 6.20 Å². The molecule has 2 aromatic heterocycles. The summed E-state index contributed by atoms with van der Waals surface area (Å²) in [7, 11) is 0. The standard InChI is InChI=1S/C12H15N5O3S/c1-2-9(18)15-4-3-8(7-15)13-10-11(17(19)20)16-5-6-21-12(16)14-10/h5-6,8,13H,2-4,7H2,1H3. The Hall–Kier alpha value is -2.16. The highest BCUT2D eigenvalue weighted by Gasteiger charge is 2.30. The van der Waals surface area contributed by atoms with Gasteiger partial charge in [0.05, 0.1) is 0 Å². The molecule has 0 spiro atoms. The summed E-state index contributed by atoms with van der Waals surface area (Å²) in [4.78, 5) is 29.1. The van der Waals surface area contributed by atoms with Crippen molar-refractivity contribution in [1.29, 1.82) is 0 Å². The molecule has 1 N–H and O–H groups in total. The van der Waals surface area contributed by atoms with Gasteiger partial charge in [0, 0.05) is 30.9 Å². The van der Waals surface area contributed by atoms with E-state index in [1.165, 1.54) is 15.7 Å². The van der Waals surface area contributed by atoms with E-state index in [0.29, 0.717) is 24.5 Å². The Morgan fingerprint density at radius 1 is 1.67 bits per heavy atom. The minimum absolute atomic E-state index is 0.00352. The van der Waals surface area contributed by atoms with Crippen LogP contribution in [0.3, 0.4) is 0 Å². The molecule has 1 saturated heterocycles. The highest BCUT2D eigenvalue weighted by atomic mass is 32.1. The number of nitrogens with zero attached hydrogens (tertiary/aromatic N) is 4. The van der Waals surface area contributed by atoms with E-state index in [4.69, 9.17) is 0 Å². The number of nitro groups is 1. The average Bonchev–Trinajstić information content (AvgIpc) is 3.12. The molecule has 1 atom stereocenters. The SMILES string of the molecule is CCC(=O)N1CCC(Nc2nc3sccn3c2[N+](=O)[O-])C1. The molecule has 8 nitrogen and oxygen atoms in total. The van der Waals surface area contributed by atoms with Gasteiger partial charge >= 0.3 is 5.82 Å². The van der Waals surface area contributed by atoms with E-state index >= 15 is 0 Å². The van der Waals surface area contributed by atoms with Crippen molar-refractivity contribution in [3.63, 3.8) is 0 Å². The molecule has 0 aliphatic carbocycles. The number of nitrogens with one attached hydrogen (secondary N) is 1. The highest BCUT2D eigenvalue weighted by molar-refractivity contribution is 7.15. The van der Waals surface area contributed by atoms with Crippen LogP contribution in [0.2, 0.25) is 0 Å². The first-order chi connectivity index (χ1) is 10.1. The Kier molecular flexibility index (Phi) is 3.50. The molecule has 0 saturated carbocycles. The molecule has 1 aliphatic heterocycles. The molecular formula is C12H15N5O3S. The smallest absolute Gasteiger partial charge is 0.358 e. The predicted octanol–water partition coefficient (Wildman–Crippen LogP) is 1.73. The zero-order chi connectivity index (χ0) is 15.0. The van der Waals surface area contributed by atoms with Crippen LogP contribution < -0.4 is 5.32 Å². The number of carbonyl (C=O) groups is 1. The van der Waals surface area contributed by atoms with Gasteiger partial charge < -0.3 is 20.3 Å². The summed E-state index contributed by atoms with van der Waals surface area (Å²) < 4.78 is 1.47. The molecule has 3 heterocycles. The van der Waals surface area contributed by atoms with Crippen LogP contribution in [0.25, 0.3) is 4.96 Å². The molecule has 1 fully saturated rings. The lowest BCUT2D eigenvalue weighted by molar-refractivity contribution is -0.389. The molecule has 112 valence electrons. The molecule has 9 heteroatoms. The third-order valence-corrected chi connectivity index (χ3v) is 4.35. The van der Waals surface area contributed by atoms with Crippen molar-refractivity contribution < 1.29 is 9.72 Å². The summed E-state index contributed by atoms with van der Waals surface area (Å²) in [5, 5.41) is 16.1. The summed E-state index contributed by atoms with van der Waals surface area (Å²) in [6.45, 7) is 3.08. The molecular weight excluding hydrogens is 294 g/mol. The van der Waals surface area contributed by atoms with Gasteiger partial charge in [-0.05, 0) is 11.3 Å². The normalized spacial score (nSPS) is 18.3. The number of hydrogen-bond donors (Lipinski definition) is 1. The van der Waals surface area contributed by atoms with Crippen LogP contribution in [0.5, 0.6) is 0 Å². The van der Waals surface area contributed by atoms with Crippen molar-refractivity contribution in [2.24, 2.45) is 0 Å². The fourth-order valence-electron chi connectivity index (χ4n) is 2.57. The Bertz CT molecular complexity index is 694. The molecule has 1 unspecified atom stereocenters. The van der Waals surface area contributed by atoms with Gasteiger partial charge in [0.15, 0.2) is 0 Å². The molecule has 0 radical (unpaired) electrons. The minimum atomic E-state index is -0.432. The van der Waals surface area contributed by atoms with Crippen molar-refractivity contribution in [2.75, 3.05) is 18.4 Å². The molecule has 1 aliphatic rings. The molecule has 1 amide bonds. The maximum absolute atomic E-state index is 11.7. The lowest BCUT2D eigenvalue weighted by Crippen LogP contribution is -2.31. The quantitative estimate of drug-likeness (QED) is 0.686. The van der Waals surface area contributed by atoms with Crippen LogP contribution >= 0.6 is 11.3 Å². The first-order valence-electron chi connectivity index (χ1n) is 6.74. The van der Waals surface area contributed by atoms with Crippen molar-refractivity contribution >= 4 is 33.8 Å². The fourth-order valence-corrected chi connectivity index (χ4v) is 3.28. The maximum Gasteiger partial charge on any atom is 0.372 e. The van der Waals surface area contributed by atoms with Crippen LogP contribution in [-0.2, 0) is 4.79 Å². The maximum atomic E-state index is 11.7. The largest absolute Gasteiger partial charge is 0.372 e. The van der Waals surface area contributed by atoms with Gasteiger partial charge in [0.2, 0.25) is 11.7 Å². The van der Waals surface area contributed by atoms with Crippen LogP contribution in [0, 0.1) is 10.1 Å². The zero-order valence-electron chi connectivity index (χ0n) is 11.5. The van der Waals surface area contributed by atoms with E-state index in [2.05, 4.69) is 10.3 Å². The number of carbonyl (C=O) groups excluding carboxylic acids is 1. The lowest BCUT2D eigenvalue weighted by Gasteiger charge is -2.15. The number of rotatable bonds is 4. The second kappa shape index (κ2) is 5.32. The van der Waals surface area contributed by atoms with Crippen molar-refractivity contribution in [1.82, 2.24) is 14.3 Å². The number of hydrogen-bond acceptors (Lipinski definition) is 6. The van der Waals surface area contributed by atoms with E-state index in [0.717, 1.165) is 6.42 Å². The highest BCUT2D eigenvalue weighted by Crippen LogP contribution is 2.29. The van der Waals surface area contributed by atoms with Crippen LogP contribution in [0.1, 0.15) is 19.8 Å². The van der Waals surface area contributed by atoms with Gasteiger partial charge in [-0.3, -0.25) is 4.79 Å². The summed E-state index contributed by atoms with van der Waals surface area (Å²) in [5.41, 5.74) is 0. The fraction of sp³-hybridized carbons (Fsp3) is 0.500. The van der Waals surface area contributed by atoms with Gasteiger partial charge in [0.25, 0.3) is 4.96 Å². The lowest BCUT2D eigenvalue weighted by atomic mass is 10.2. The Balaban J connectivity index is 1.79. The third-order valence-electron chi connectivity index (χ3n) is 3.59. The van der Waals surface area contributed by atoms with Crippen LogP contribution in [0.15, 0.2) is 11.6 Å². The average molecular weight is 309 g/mol. The second-order valence-corrected chi connectivity index (χ2v) is 5.79. The van der Waals surface area contributed by atoms with Gasteiger partial charge in [-0.15, -0.1) is 0 Å². The van der Waals surface area contributed by atoms with Crippen molar-refractivity contribution in [2.45, 2.75) is 25.8 Å². The summed E-state index contributed by atoms with van der Waals surface area (Å²) in [6.07, 6.45) is 2.89. The number of imidazole rings is 1. The molecule has 0 aromatic carbocycles. The summed E-state index contributed by atoms with van der Waals surface area (Å²) in [6, 6.07) is 0.00352. The van der Waals surface area contributed by atoms with Gasteiger partial charge in [-0.25, -0.2) is 0 Å². The molecule has 21 heavy (non-hydrogen) atoms. The zero-order valence-corrected chi connectivity index (χ0v) is 12.3. The Morgan fingerprint density at radius 2 is 2.48 bits per heavy atom. The first-order valence-corrected chi connectivity index (χ1v) is 7.62. The number of fused-ring (bicyclic) bond motifs is 1. The number of likely N-dealkylation sites (tertiary alicyclic amines) is 1. The second-order valence-electron chi connectivity index (χ2n) is 4.92. The summed E-state index contributed by atoms with van der Waals surface area (Å²) >= 11 is 1.35. The molecule has 2 aromatic rings. The number of thiazole rings is 1. The monoisotopic (exact) mass is 309 g/mol. The topological polar surface area (TPSA) is 92.8 Å².